The van der Waals surface area contributed by atoms with Gasteiger partial charge in [-0.1, -0.05) is 42.5 Å². The molecule has 19 heavy (non-hydrogen) atoms. The zero-order valence-corrected chi connectivity index (χ0v) is 10.5. The first-order valence-corrected chi connectivity index (χ1v) is 5.83. The van der Waals surface area contributed by atoms with Gasteiger partial charge >= 0.3 is 0 Å². The summed E-state index contributed by atoms with van der Waals surface area (Å²) >= 11 is 0. The Morgan fingerprint density at radius 2 is 1.53 bits per heavy atom. The molecule has 0 amide bonds. The van der Waals surface area contributed by atoms with Gasteiger partial charge in [-0.15, -0.1) is 0 Å². The van der Waals surface area contributed by atoms with Crippen molar-refractivity contribution in [1.82, 2.24) is 0 Å². The van der Waals surface area contributed by atoms with Crippen molar-refractivity contribution in [3.63, 3.8) is 0 Å². The van der Waals surface area contributed by atoms with Crippen LogP contribution in [0, 0.1) is 0 Å². The Balaban J connectivity index is 2.19. The van der Waals surface area contributed by atoms with Crippen molar-refractivity contribution < 1.29 is 14.6 Å². The van der Waals surface area contributed by atoms with Crippen molar-refractivity contribution in [2.75, 3.05) is 7.11 Å². The van der Waals surface area contributed by atoms with Crippen molar-refractivity contribution in [3.05, 3.63) is 59.2 Å². The number of ether oxygens (including phenoxy) is 1. The smallest absolute Gasteiger partial charge is 0.161 e. The predicted molar refractivity (Wildman–Crippen MR) is 75.4 cm³/mol. The van der Waals surface area contributed by atoms with Crippen LogP contribution in [-0.4, -0.2) is 18.5 Å². The normalized spacial score (nSPS) is 10.6. The summed E-state index contributed by atoms with van der Waals surface area (Å²) in [6, 6.07) is 12.4. The summed E-state index contributed by atoms with van der Waals surface area (Å²) in [4.78, 5) is 10.5. The quantitative estimate of drug-likeness (QED) is 0.672. The molecule has 0 aliphatic carbocycles. The molecule has 0 saturated carbocycles. The molecule has 0 unspecified atom stereocenters. The topological polar surface area (TPSA) is 46.5 Å². The highest BCUT2D eigenvalue weighted by Gasteiger charge is 2.00. The van der Waals surface area contributed by atoms with E-state index in [1.807, 2.05) is 24.3 Å². The lowest BCUT2D eigenvalue weighted by atomic mass is 10.1. The standard InChI is InChI=1S/C16H14O3/c1-19-16-10-13(8-9-15(16)18)5-2-12-3-6-14(11-17)7-4-12/h2-11,18H,1H3. The number of phenols is 1. The lowest BCUT2D eigenvalue weighted by molar-refractivity contribution is 0.112. The number of methoxy groups -OCH3 is 1. The van der Waals surface area contributed by atoms with Crippen LogP contribution in [0.5, 0.6) is 11.5 Å². The average molecular weight is 254 g/mol. The minimum absolute atomic E-state index is 0.120. The van der Waals surface area contributed by atoms with E-state index >= 15 is 0 Å². The third kappa shape index (κ3) is 3.22. The summed E-state index contributed by atoms with van der Waals surface area (Å²) in [7, 11) is 1.51. The molecule has 0 radical (unpaired) electrons. The van der Waals surface area contributed by atoms with Crippen LogP contribution in [0.3, 0.4) is 0 Å². The van der Waals surface area contributed by atoms with Gasteiger partial charge in [-0.3, -0.25) is 4.79 Å². The van der Waals surface area contributed by atoms with Gasteiger partial charge in [-0.05, 0) is 23.3 Å². The number of aldehydes is 1. The number of benzene rings is 2. The summed E-state index contributed by atoms with van der Waals surface area (Å²) < 4.78 is 5.05. The van der Waals surface area contributed by atoms with E-state index in [0.717, 1.165) is 17.4 Å². The van der Waals surface area contributed by atoms with Crippen molar-refractivity contribution in [1.29, 1.82) is 0 Å². The predicted octanol–water partition coefficient (Wildman–Crippen LogP) is 3.38. The first-order valence-electron chi connectivity index (χ1n) is 5.83. The molecule has 0 atom stereocenters. The fourth-order valence-corrected chi connectivity index (χ4v) is 1.68. The molecule has 2 aromatic rings. The van der Waals surface area contributed by atoms with E-state index in [1.54, 1.807) is 30.3 Å². The Labute approximate surface area is 111 Å². The first kappa shape index (κ1) is 12.9. The SMILES string of the molecule is COc1cc(C=Cc2ccc(C=O)cc2)ccc1O. The number of rotatable bonds is 4. The Hall–Kier alpha value is -2.55. The van der Waals surface area contributed by atoms with Gasteiger partial charge in [0.05, 0.1) is 7.11 Å². The average Bonchev–Trinajstić information content (AvgIpc) is 2.47. The highest BCUT2D eigenvalue weighted by Crippen LogP contribution is 2.27. The molecule has 0 heterocycles. The van der Waals surface area contributed by atoms with Crippen LogP contribution in [0.1, 0.15) is 21.5 Å². The van der Waals surface area contributed by atoms with Gasteiger partial charge in [0.15, 0.2) is 11.5 Å². The first-order chi connectivity index (χ1) is 9.22. The van der Waals surface area contributed by atoms with Gasteiger partial charge in [0.1, 0.15) is 6.29 Å². The van der Waals surface area contributed by atoms with Crippen LogP contribution in [0.4, 0.5) is 0 Å². The van der Waals surface area contributed by atoms with E-state index < -0.39 is 0 Å². The maximum Gasteiger partial charge on any atom is 0.161 e. The molecule has 3 heteroatoms. The molecule has 96 valence electrons. The van der Waals surface area contributed by atoms with E-state index in [1.165, 1.54) is 7.11 Å². The van der Waals surface area contributed by atoms with Crippen molar-refractivity contribution in [2.45, 2.75) is 0 Å². The number of phenolic OH excluding ortho intramolecular Hbond substituents is 1. The fourth-order valence-electron chi connectivity index (χ4n) is 1.68. The molecular formula is C16H14O3. The number of carbonyl (C=O) groups excluding carboxylic acids is 1. The van der Waals surface area contributed by atoms with Crippen LogP contribution in [0.15, 0.2) is 42.5 Å². The van der Waals surface area contributed by atoms with Crippen LogP contribution < -0.4 is 4.74 Å². The van der Waals surface area contributed by atoms with Crippen LogP contribution >= 0.6 is 0 Å². The third-order valence-corrected chi connectivity index (χ3v) is 2.74. The van der Waals surface area contributed by atoms with Crippen molar-refractivity contribution >= 4 is 18.4 Å². The number of hydrogen-bond acceptors (Lipinski definition) is 3. The van der Waals surface area contributed by atoms with E-state index in [4.69, 9.17) is 4.74 Å². The molecule has 0 aliphatic heterocycles. The molecule has 0 aliphatic rings. The minimum atomic E-state index is 0.120. The van der Waals surface area contributed by atoms with E-state index in [-0.39, 0.29) is 5.75 Å². The summed E-state index contributed by atoms with van der Waals surface area (Å²) in [5, 5.41) is 9.50. The van der Waals surface area contributed by atoms with Gasteiger partial charge in [0, 0.05) is 5.56 Å². The summed E-state index contributed by atoms with van der Waals surface area (Å²) in [6.07, 6.45) is 4.66. The lowest BCUT2D eigenvalue weighted by Crippen LogP contribution is -1.84. The number of aromatic hydroxyl groups is 1. The fraction of sp³-hybridized carbons (Fsp3) is 0.0625. The molecule has 0 bridgehead atoms. The highest BCUT2D eigenvalue weighted by molar-refractivity contribution is 5.77. The second kappa shape index (κ2) is 5.87. The van der Waals surface area contributed by atoms with E-state index in [2.05, 4.69) is 0 Å². The second-order valence-electron chi connectivity index (χ2n) is 4.05. The third-order valence-electron chi connectivity index (χ3n) is 2.74. The molecule has 0 saturated heterocycles. The highest BCUT2D eigenvalue weighted by atomic mass is 16.5. The van der Waals surface area contributed by atoms with Crippen molar-refractivity contribution in [2.24, 2.45) is 0 Å². The summed E-state index contributed by atoms with van der Waals surface area (Å²) in [5.74, 6) is 0.563. The molecule has 2 rings (SSSR count). The Morgan fingerprint density at radius 3 is 2.16 bits per heavy atom. The number of carbonyl (C=O) groups is 1. The monoisotopic (exact) mass is 254 g/mol. The summed E-state index contributed by atoms with van der Waals surface area (Å²) in [5.41, 5.74) is 2.58. The number of hydrogen-bond donors (Lipinski definition) is 1. The largest absolute Gasteiger partial charge is 0.504 e. The molecule has 0 spiro atoms. The van der Waals surface area contributed by atoms with Gasteiger partial charge in [-0.2, -0.15) is 0 Å². The van der Waals surface area contributed by atoms with Crippen molar-refractivity contribution in [3.8, 4) is 11.5 Å². The van der Waals surface area contributed by atoms with E-state index in [0.29, 0.717) is 11.3 Å². The zero-order chi connectivity index (χ0) is 13.7. The minimum Gasteiger partial charge on any atom is -0.504 e. The van der Waals surface area contributed by atoms with Crippen LogP contribution in [-0.2, 0) is 0 Å². The van der Waals surface area contributed by atoms with Gasteiger partial charge in [-0.25, -0.2) is 0 Å². The van der Waals surface area contributed by atoms with Crippen LogP contribution in [0.25, 0.3) is 12.2 Å². The second-order valence-corrected chi connectivity index (χ2v) is 4.05. The Kier molecular flexibility index (Phi) is 3.98. The molecule has 3 nitrogen and oxygen atoms in total. The molecular weight excluding hydrogens is 240 g/mol. The molecule has 0 fully saturated rings. The molecule has 2 aromatic carbocycles. The van der Waals surface area contributed by atoms with Gasteiger partial charge < -0.3 is 9.84 Å². The zero-order valence-electron chi connectivity index (χ0n) is 10.5. The van der Waals surface area contributed by atoms with Gasteiger partial charge in [0.25, 0.3) is 0 Å². The summed E-state index contributed by atoms with van der Waals surface area (Å²) in [6.45, 7) is 0. The Bertz CT molecular complexity index is 598. The Morgan fingerprint density at radius 1 is 0.947 bits per heavy atom. The van der Waals surface area contributed by atoms with Gasteiger partial charge in [0.2, 0.25) is 0 Å². The lowest BCUT2D eigenvalue weighted by Gasteiger charge is -2.03. The van der Waals surface area contributed by atoms with Crippen LogP contribution in [0.2, 0.25) is 0 Å². The van der Waals surface area contributed by atoms with E-state index in [9.17, 15) is 9.90 Å². The molecule has 1 N–H and O–H groups in total. The maximum atomic E-state index is 10.5. The molecule has 0 aromatic heterocycles. The maximum absolute atomic E-state index is 10.5.